The van der Waals surface area contributed by atoms with E-state index in [0.717, 1.165) is 12.1 Å². The zero-order valence-corrected chi connectivity index (χ0v) is 18.0. The number of rotatable bonds is 7. The van der Waals surface area contributed by atoms with Gasteiger partial charge in [0.1, 0.15) is 0 Å². The van der Waals surface area contributed by atoms with E-state index in [1.54, 1.807) is 26.8 Å². The van der Waals surface area contributed by atoms with Crippen molar-refractivity contribution in [3.8, 4) is 0 Å². The van der Waals surface area contributed by atoms with E-state index in [1.165, 1.54) is 20.1 Å². The maximum Gasteiger partial charge on any atom is 0.416 e. The second-order valence-electron chi connectivity index (χ2n) is 7.94. The average molecular weight is 438 g/mol. The Bertz CT molecular complexity index is 1010. The van der Waals surface area contributed by atoms with Gasteiger partial charge in [-0.1, -0.05) is 32.0 Å². The molecule has 0 aliphatic carbocycles. The highest BCUT2D eigenvalue weighted by atomic mass is 19.4. The van der Waals surface area contributed by atoms with Crippen molar-refractivity contribution in [3.05, 3.63) is 57.9 Å². The van der Waals surface area contributed by atoms with Gasteiger partial charge in [-0.05, 0) is 24.1 Å². The SMILES string of the molecule is COC(=O)c1c(CC(=O)NCC(C)(C)c2cccc(C(F)(F)F)c2)[nH]c(C(C)=O)c1C. The summed E-state index contributed by atoms with van der Waals surface area (Å²) in [6.07, 6.45) is -4.68. The van der Waals surface area contributed by atoms with Crippen LogP contribution in [0.15, 0.2) is 24.3 Å². The Morgan fingerprint density at radius 2 is 1.74 bits per heavy atom. The van der Waals surface area contributed by atoms with Crippen LogP contribution in [0.1, 0.15) is 64.0 Å². The number of ether oxygens (including phenoxy) is 1. The molecule has 1 amide bonds. The molecule has 1 aromatic heterocycles. The van der Waals surface area contributed by atoms with E-state index < -0.39 is 29.0 Å². The molecule has 0 atom stereocenters. The number of nitrogens with one attached hydrogen (secondary N) is 2. The van der Waals surface area contributed by atoms with Crippen molar-refractivity contribution in [1.29, 1.82) is 0 Å². The topological polar surface area (TPSA) is 88.3 Å². The number of ketones is 1. The van der Waals surface area contributed by atoms with Gasteiger partial charge in [0.25, 0.3) is 0 Å². The first-order valence-corrected chi connectivity index (χ1v) is 9.53. The zero-order valence-electron chi connectivity index (χ0n) is 18.0. The first-order valence-electron chi connectivity index (χ1n) is 9.53. The van der Waals surface area contributed by atoms with Crippen LogP contribution in [0, 0.1) is 6.92 Å². The fraction of sp³-hybridized carbons (Fsp3) is 0.409. The average Bonchev–Trinajstić information content (AvgIpc) is 3.01. The Balaban J connectivity index is 2.18. The highest BCUT2D eigenvalue weighted by Crippen LogP contribution is 2.32. The Labute approximate surface area is 178 Å². The Morgan fingerprint density at radius 3 is 2.29 bits per heavy atom. The lowest BCUT2D eigenvalue weighted by atomic mass is 9.83. The number of aromatic amines is 1. The minimum atomic E-state index is -4.46. The molecule has 2 N–H and O–H groups in total. The number of H-pyrrole nitrogens is 1. The molecule has 0 radical (unpaired) electrons. The molecule has 1 aromatic carbocycles. The van der Waals surface area contributed by atoms with Gasteiger partial charge in [-0.25, -0.2) is 4.79 Å². The summed E-state index contributed by atoms with van der Waals surface area (Å²) < 4.78 is 43.8. The van der Waals surface area contributed by atoms with E-state index in [-0.39, 0.29) is 35.7 Å². The number of alkyl halides is 3. The van der Waals surface area contributed by atoms with Crippen molar-refractivity contribution in [1.82, 2.24) is 10.3 Å². The Hall–Kier alpha value is -3.10. The van der Waals surface area contributed by atoms with Crippen LogP contribution >= 0.6 is 0 Å². The van der Waals surface area contributed by atoms with Crippen molar-refractivity contribution in [2.45, 2.75) is 45.7 Å². The first-order chi connectivity index (χ1) is 14.3. The Kier molecular flexibility index (Phi) is 6.98. The molecule has 0 saturated carbocycles. The largest absolute Gasteiger partial charge is 0.465 e. The summed E-state index contributed by atoms with van der Waals surface area (Å²) in [4.78, 5) is 39.2. The number of carbonyl (C=O) groups is 3. The number of methoxy groups -OCH3 is 1. The smallest absolute Gasteiger partial charge is 0.416 e. The normalized spacial score (nSPS) is 11.9. The maximum atomic E-state index is 13.0. The number of hydrogen-bond donors (Lipinski definition) is 2. The summed E-state index contributed by atoms with van der Waals surface area (Å²) in [6.45, 7) is 6.42. The third kappa shape index (κ3) is 5.53. The van der Waals surface area contributed by atoms with Crippen LogP contribution in [-0.2, 0) is 27.5 Å². The number of halogens is 3. The van der Waals surface area contributed by atoms with Crippen molar-refractivity contribution >= 4 is 17.7 Å². The molecule has 0 saturated heterocycles. The van der Waals surface area contributed by atoms with Crippen molar-refractivity contribution in [2.75, 3.05) is 13.7 Å². The molecule has 9 heteroatoms. The number of amides is 1. The van der Waals surface area contributed by atoms with Crippen molar-refractivity contribution in [2.24, 2.45) is 0 Å². The van der Waals surface area contributed by atoms with Crippen LogP contribution in [0.25, 0.3) is 0 Å². The third-order valence-electron chi connectivity index (χ3n) is 5.11. The molecule has 0 bridgehead atoms. The summed E-state index contributed by atoms with van der Waals surface area (Å²) in [7, 11) is 1.20. The van der Waals surface area contributed by atoms with Gasteiger partial charge in [-0.3, -0.25) is 9.59 Å². The minimum Gasteiger partial charge on any atom is -0.465 e. The number of Topliss-reactive ketones (excluding diaryl/α,β-unsaturated/α-hetero) is 1. The number of hydrogen-bond acceptors (Lipinski definition) is 4. The van der Waals surface area contributed by atoms with Gasteiger partial charge in [0.2, 0.25) is 5.91 Å². The molecule has 0 fully saturated rings. The van der Waals surface area contributed by atoms with Gasteiger partial charge < -0.3 is 15.0 Å². The molecule has 31 heavy (non-hydrogen) atoms. The summed E-state index contributed by atoms with van der Waals surface area (Å²) in [6, 6.07) is 4.96. The van der Waals surface area contributed by atoms with E-state index in [2.05, 4.69) is 10.3 Å². The quantitative estimate of drug-likeness (QED) is 0.506. The molecule has 2 rings (SSSR count). The van der Waals surface area contributed by atoms with Gasteiger partial charge in [-0.2, -0.15) is 13.2 Å². The molecule has 0 unspecified atom stereocenters. The molecule has 0 aliphatic rings. The molecule has 6 nitrogen and oxygen atoms in total. The predicted molar refractivity (Wildman–Crippen MR) is 108 cm³/mol. The second kappa shape index (κ2) is 8.95. The number of carbonyl (C=O) groups excluding carboxylic acids is 3. The standard InChI is InChI=1S/C22H25F3N2O4/c1-12-18(20(30)31-5)16(27-19(12)13(2)28)10-17(29)26-11-21(3,4)14-7-6-8-15(9-14)22(23,24)25/h6-9,27H,10-11H2,1-5H3,(H,26,29). The van der Waals surface area contributed by atoms with Gasteiger partial charge in [0.15, 0.2) is 5.78 Å². The third-order valence-corrected chi connectivity index (χ3v) is 5.11. The molecule has 2 aromatic rings. The van der Waals surface area contributed by atoms with Crippen LogP contribution in [0.3, 0.4) is 0 Å². The van der Waals surface area contributed by atoms with Crippen molar-refractivity contribution in [3.63, 3.8) is 0 Å². The minimum absolute atomic E-state index is 0.0694. The van der Waals surface area contributed by atoms with Gasteiger partial charge >= 0.3 is 12.1 Å². The molecule has 168 valence electrons. The predicted octanol–water partition coefficient (Wildman–Crippen LogP) is 3.97. The lowest BCUT2D eigenvalue weighted by Crippen LogP contribution is -2.37. The van der Waals surface area contributed by atoms with E-state index in [0.29, 0.717) is 11.1 Å². The number of benzene rings is 1. The molecular formula is C22H25F3N2O4. The Morgan fingerprint density at radius 1 is 1.13 bits per heavy atom. The van der Waals surface area contributed by atoms with E-state index >= 15 is 0 Å². The number of aromatic nitrogens is 1. The van der Waals surface area contributed by atoms with Crippen LogP contribution < -0.4 is 5.32 Å². The molecule has 0 spiro atoms. The molecule has 0 aliphatic heterocycles. The van der Waals surface area contributed by atoms with Gasteiger partial charge in [0, 0.05) is 24.6 Å². The summed E-state index contributed by atoms with van der Waals surface area (Å²) in [5, 5.41) is 2.69. The highest BCUT2D eigenvalue weighted by Gasteiger charge is 2.32. The van der Waals surface area contributed by atoms with E-state index in [4.69, 9.17) is 4.74 Å². The first kappa shape index (κ1) is 24.2. The maximum absolute atomic E-state index is 13.0. The van der Waals surface area contributed by atoms with Crippen LogP contribution in [0.4, 0.5) is 13.2 Å². The van der Waals surface area contributed by atoms with Crippen molar-refractivity contribution < 1.29 is 32.3 Å². The summed E-state index contributed by atoms with van der Waals surface area (Å²) in [5.41, 5.74) is -0.140. The van der Waals surface area contributed by atoms with Gasteiger partial charge in [-0.15, -0.1) is 0 Å². The molecule has 1 heterocycles. The molecular weight excluding hydrogens is 413 g/mol. The second-order valence-corrected chi connectivity index (χ2v) is 7.94. The fourth-order valence-corrected chi connectivity index (χ4v) is 3.28. The van der Waals surface area contributed by atoms with Gasteiger partial charge in [0.05, 0.1) is 30.4 Å². The van der Waals surface area contributed by atoms with E-state index in [9.17, 15) is 27.6 Å². The summed E-state index contributed by atoms with van der Waals surface area (Å²) in [5.74, 6) is -1.42. The lowest BCUT2D eigenvalue weighted by Gasteiger charge is -2.26. The monoisotopic (exact) mass is 438 g/mol. The van der Waals surface area contributed by atoms with Crippen LogP contribution in [0.5, 0.6) is 0 Å². The highest BCUT2D eigenvalue weighted by molar-refractivity contribution is 6.01. The van der Waals surface area contributed by atoms with E-state index in [1.807, 2.05) is 0 Å². The van der Waals surface area contributed by atoms with Crippen LogP contribution in [-0.4, -0.2) is 36.3 Å². The zero-order chi connectivity index (χ0) is 23.6. The summed E-state index contributed by atoms with van der Waals surface area (Å²) >= 11 is 0. The lowest BCUT2D eigenvalue weighted by molar-refractivity contribution is -0.137. The fourth-order valence-electron chi connectivity index (χ4n) is 3.28. The number of esters is 1. The van der Waals surface area contributed by atoms with Crippen LogP contribution in [0.2, 0.25) is 0 Å².